The van der Waals surface area contributed by atoms with Crippen LogP contribution in [0.3, 0.4) is 0 Å². The van der Waals surface area contributed by atoms with Crippen LogP contribution in [0.1, 0.15) is 42.1 Å². The second-order valence-corrected chi connectivity index (χ2v) is 10.4. The Labute approximate surface area is 197 Å². The van der Waals surface area contributed by atoms with Crippen molar-refractivity contribution in [2.24, 2.45) is 0 Å². The molecule has 1 aliphatic heterocycles. The molecular weight excluding hydrogens is 475 g/mol. The highest BCUT2D eigenvalue weighted by atomic mass is 35.5. The van der Waals surface area contributed by atoms with Crippen molar-refractivity contribution in [3.8, 4) is 0 Å². The van der Waals surface area contributed by atoms with E-state index < -0.39 is 28.0 Å². The normalized spacial score (nSPS) is 15.8. The first-order valence-corrected chi connectivity index (χ1v) is 12.4. The molecule has 0 spiro atoms. The monoisotopic (exact) mass is 498 g/mol. The number of amides is 1. The van der Waals surface area contributed by atoms with Crippen LogP contribution >= 0.6 is 23.2 Å². The van der Waals surface area contributed by atoms with E-state index in [1.165, 1.54) is 35.5 Å². The van der Waals surface area contributed by atoms with Crippen LogP contribution in [-0.4, -0.2) is 43.8 Å². The predicted octanol–water partition coefficient (Wildman–Crippen LogP) is 4.66. The minimum atomic E-state index is -3.72. The van der Waals surface area contributed by atoms with Crippen LogP contribution in [0, 0.1) is 6.92 Å². The lowest BCUT2D eigenvalue weighted by Crippen LogP contribution is -2.36. The molecule has 1 N–H and O–H groups in total. The van der Waals surface area contributed by atoms with Crippen molar-refractivity contribution < 1.29 is 22.7 Å². The smallest absolute Gasteiger partial charge is 0.338 e. The zero-order valence-electron chi connectivity index (χ0n) is 17.7. The van der Waals surface area contributed by atoms with E-state index in [0.29, 0.717) is 23.7 Å². The van der Waals surface area contributed by atoms with Crippen molar-refractivity contribution >= 4 is 50.8 Å². The summed E-state index contributed by atoms with van der Waals surface area (Å²) in [4.78, 5) is 25.1. The summed E-state index contributed by atoms with van der Waals surface area (Å²) in [6.45, 7) is 4.00. The predicted molar refractivity (Wildman–Crippen MR) is 124 cm³/mol. The van der Waals surface area contributed by atoms with Crippen molar-refractivity contribution in [1.29, 1.82) is 0 Å². The number of esters is 1. The highest BCUT2D eigenvalue weighted by Crippen LogP contribution is 2.27. The van der Waals surface area contributed by atoms with E-state index in [9.17, 15) is 18.0 Å². The SMILES string of the molecule is Cc1ccc(C(=O)O[C@H](C)C(=O)Nc2cc(Cl)ccc2Cl)cc1S(=O)(=O)N1CCCCC1. The summed E-state index contributed by atoms with van der Waals surface area (Å²) in [5.74, 6) is -1.41. The third-order valence-corrected chi connectivity index (χ3v) is 7.80. The summed E-state index contributed by atoms with van der Waals surface area (Å²) < 4.78 is 32.8. The average molecular weight is 499 g/mol. The number of rotatable bonds is 6. The number of hydrogen-bond donors (Lipinski definition) is 1. The van der Waals surface area contributed by atoms with Gasteiger partial charge in [-0.1, -0.05) is 35.7 Å². The van der Waals surface area contributed by atoms with Gasteiger partial charge in [-0.3, -0.25) is 4.79 Å². The second kappa shape index (κ2) is 10.2. The summed E-state index contributed by atoms with van der Waals surface area (Å²) in [6.07, 6.45) is 1.46. The van der Waals surface area contributed by atoms with Crippen molar-refractivity contribution in [3.63, 3.8) is 0 Å². The van der Waals surface area contributed by atoms with Gasteiger partial charge < -0.3 is 10.1 Å². The molecule has 1 atom stereocenters. The number of aryl methyl sites for hydroxylation is 1. The fraction of sp³-hybridized carbons (Fsp3) is 0.364. The van der Waals surface area contributed by atoms with E-state index in [4.69, 9.17) is 27.9 Å². The molecule has 172 valence electrons. The summed E-state index contributed by atoms with van der Waals surface area (Å²) in [5, 5.41) is 3.23. The molecule has 10 heteroatoms. The van der Waals surface area contributed by atoms with Crippen molar-refractivity contribution in [2.75, 3.05) is 18.4 Å². The van der Waals surface area contributed by atoms with Crippen molar-refractivity contribution in [3.05, 3.63) is 57.6 Å². The van der Waals surface area contributed by atoms with Gasteiger partial charge in [-0.15, -0.1) is 0 Å². The number of nitrogens with one attached hydrogen (secondary N) is 1. The molecule has 1 amide bonds. The van der Waals surface area contributed by atoms with Gasteiger partial charge in [0.1, 0.15) is 0 Å². The number of ether oxygens (including phenoxy) is 1. The van der Waals surface area contributed by atoms with E-state index in [-0.39, 0.29) is 21.2 Å². The Morgan fingerprint density at radius 2 is 1.75 bits per heavy atom. The molecule has 1 heterocycles. The lowest BCUT2D eigenvalue weighted by atomic mass is 10.1. The van der Waals surface area contributed by atoms with Crippen LogP contribution in [0.25, 0.3) is 0 Å². The second-order valence-electron chi connectivity index (χ2n) is 7.61. The summed E-state index contributed by atoms with van der Waals surface area (Å²) >= 11 is 12.0. The molecule has 2 aromatic carbocycles. The summed E-state index contributed by atoms with van der Waals surface area (Å²) in [7, 11) is -3.72. The molecule has 0 aromatic heterocycles. The van der Waals surface area contributed by atoms with E-state index in [1.807, 2.05) is 0 Å². The van der Waals surface area contributed by atoms with Crippen LogP contribution in [-0.2, 0) is 19.6 Å². The molecule has 0 radical (unpaired) electrons. The van der Waals surface area contributed by atoms with Gasteiger partial charge >= 0.3 is 5.97 Å². The fourth-order valence-electron chi connectivity index (χ4n) is 3.36. The topological polar surface area (TPSA) is 92.8 Å². The number of sulfonamides is 1. The van der Waals surface area contributed by atoms with Crippen LogP contribution < -0.4 is 5.32 Å². The number of hydrogen-bond acceptors (Lipinski definition) is 5. The number of carbonyl (C=O) groups excluding carboxylic acids is 2. The maximum absolute atomic E-state index is 13.1. The molecule has 7 nitrogen and oxygen atoms in total. The first-order chi connectivity index (χ1) is 15.1. The molecule has 3 rings (SSSR count). The van der Waals surface area contributed by atoms with Gasteiger partial charge in [0.2, 0.25) is 10.0 Å². The van der Waals surface area contributed by atoms with Gasteiger partial charge in [-0.25, -0.2) is 13.2 Å². The quantitative estimate of drug-likeness (QED) is 0.584. The molecule has 0 bridgehead atoms. The molecule has 2 aromatic rings. The number of anilines is 1. The third-order valence-electron chi connectivity index (χ3n) is 5.20. The first-order valence-electron chi connectivity index (χ1n) is 10.2. The number of benzene rings is 2. The number of nitrogens with zero attached hydrogens (tertiary/aromatic N) is 1. The Morgan fingerprint density at radius 1 is 1.06 bits per heavy atom. The first kappa shape index (κ1) is 24.5. The van der Waals surface area contributed by atoms with Gasteiger partial charge in [0.25, 0.3) is 5.91 Å². The minimum absolute atomic E-state index is 0.0478. The zero-order chi connectivity index (χ0) is 23.5. The molecule has 0 aliphatic carbocycles. The average Bonchev–Trinajstić information content (AvgIpc) is 2.76. The Morgan fingerprint density at radius 3 is 2.44 bits per heavy atom. The lowest BCUT2D eigenvalue weighted by molar-refractivity contribution is -0.123. The van der Waals surface area contributed by atoms with Crippen LogP contribution in [0.15, 0.2) is 41.3 Å². The molecule has 1 fully saturated rings. The summed E-state index contributed by atoms with van der Waals surface area (Å²) in [5.41, 5.74) is 0.873. The summed E-state index contributed by atoms with van der Waals surface area (Å²) in [6, 6.07) is 8.94. The van der Waals surface area contributed by atoms with Gasteiger partial charge in [-0.05, 0) is 62.6 Å². The Bertz CT molecular complexity index is 1130. The molecular formula is C22H24Cl2N2O5S. The van der Waals surface area contributed by atoms with Gasteiger partial charge in [-0.2, -0.15) is 4.31 Å². The largest absolute Gasteiger partial charge is 0.449 e. The van der Waals surface area contributed by atoms with Crippen LogP contribution in [0.4, 0.5) is 5.69 Å². The number of piperidine rings is 1. The lowest BCUT2D eigenvalue weighted by Gasteiger charge is -2.26. The zero-order valence-corrected chi connectivity index (χ0v) is 20.1. The van der Waals surface area contributed by atoms with Crippen molar-refractivity contribution in [1.82, 2.24) is 4.31 Å². The Kier molecular flexibility index (Phi) is 7.82. The van der Waals surface area contributed by atoms with Crippen molar-refractivity contribution in [2.45, 2.75) is 44.1 Å². The maximum atomic E-state index is 13.1. The van der Waals surface area contributed by atoms with Crippen LogP contribution in [0.2, 0.25) is 10.0 Å². The van der Waals surface area contributed by atoms with E-state index in [1.54, 1.807) is 19.1 Å². The number of carbonyl (C=O) groups is 2. The maximum Gasteiger partial charge on any atom is 0.338 e. The Hall–Kier alpha value is -2.13. The van der Waals surface area contributed by atoms with Gasteiger partial charge in [0.15, 0.2) is 6.10 Å². The molecule has 1 aliphatic rings. The standard InChI is InChI=1S/C22H24Cl2N2O5S/c1-14-6-7-16(12-20(14)32(29,30)26-10-4-3-5-11-26)22(28)31-15(2)21(27)25-19-13-17(23)8-9-18(19)24/h6-9,12-13,15H,3-5,10-11H2,1-2H3,(H,25,27)/t15-/m1/s1. The molecule has 32 heavy (non-hydrogen) atoms. The van der Waals surface area contributed by atoms with Crippen LogP contribution in [0.5, 0.6) is 0 Å². The van der Waals surface area contributed by atoms with Gasteiger partial charge in [0.05, 0.1) is 21.2 Å². The van der Waals surface area contributed by atoms with E-state index >= 15 is 0 Å². The van der Waals surface area contributed by atoms with E-state index in [2.05, 4.69) is 5.32 Å². The fourth-order valence-corrected chi connectivity index (χ4v) is 5.46. The van der Waals surface area contributed by atoms with E-state index in [0.717, 1.165) is 19.3 Å². The minimum Gasteiger partial charge on any atom is -0.449 e. The molecule has 1 saturated heterocycles. The number of halogens is 2. The molecule has 0 saturated carbocycles. The third kappa shape index (κ3) is 5.61. The molecule has 0 unspecified atom stereocenters. The van der Waals surface area contributed by atoms with Gasteiger partial charge in [0, 0.05) is 18.1 Å². The highest BCUT2D eigenvalue weighted by molar-refractivity contribution is 7.89. The Balaban J connectivity index is 1.74. The highest BCUT2D eigenvalue weighted by Gasteiger charge is 2.29.